The maximum atomic E-state index is 12.9. The third kappa shape index (κ3) is 2.67. The average molecular weight is 236 g/mol. The third-order valence-corrected chi connectivity index (χ3v) is 3.64. The molecular formula is C14H21FN2. The van der Waals surface area contributed by atoms with Crippen LogP contribution in [0, 0.1) is 5.82 Å². The highest BCUT2D eigenvalue weighted by Gasteiger charge is 2.29. The minimum atomic E-state index is -0.156. The van der Waals surface area contributed by atoms with E-state index in [1.807, 2.05) is 12.1 Å². The highest BCUT2D eigenvalue weighted by Crippen LogP contribution is 2.27. The van der Waals surface area contributed by atoms with Crippen LogP contribution in [0.2, 0.25) is 0 Å². The number of rotatable bonds is 5. The summed E-state index contributed by atoms with van der Waals surface area (Å²) in [5.74, 6) is -0.156. The topological polar surface area (TPSA) is 15.3 Å². The van der Waals surface area contributed by atoms with Crippen LogP contribution in [-0.4, -0.2) is 30.6 Å². The molecule has 1 aliphatic heterocycles. The molecule has 0 bridgehead atoms. The quantitative estimate of drug-likeness (QED) is 0.845. The molecule has 1 unspecified atom stereocenters. The lowest BCUT2D eigenvalue weighted by molar-refractivity contribution is 0.0981. The summed E-state index contributed by atoms with van der Waals surface area (Å²) in [4.78, 5) is 2.52. The fourth-order valence-corrected chi connectivity index (χ4v) is 2.59. The highest BCUT2D eigenvalue weighted by atomic mass is 19.1. The summed E-state index contributed by atoms with van der Waals surface area (Å²) in [6, 6.07) is 7.99. The number of nitrogens with one attached hydrogen (secondary N) is 1. The van der Waals surface area contributed by atoms with Gasteiger partial charge in [0, 0.05) is 25.2 Å². The fourth-order valence-electron chi connectivity index (χ4n) is 2.59. The minimum absolute atomic E-state index is 0.156. The van der Waals surface area contributed by atoms with E-state index in [-0.39, 0.29) is 5.82 Å². The molecule has 1 aliphatic rings. The molecule has 1 heterocycles. The first-order chi connectivity index (χ1) is 8.26. The van der Waals surface area contributed by atoms with Crippen LogP contribution >= 0.6 is 0 Å². The van der Waals surface area contributed by atoms with Gasteiger partial charge in [0.2, 0.25) is 0 Å². The van der Waals surface area contributed by atoms with Crippen LogP contribution < -0.4 is 5.32 Å². The van der Waals surface area contributed by atoms with Gasteiger partial charge < -0.3 is 5.32 Å². The second-order valence-electron chi connectivity index (χ2n) is 4.62. The van der Waals surface area contributed by atoms with E-state index in [1.54, 1.807) is 12.1 Å². The molecule has 0 spiro atoms. The molecule has 1 N–H and O–H groups in total. The Bertz CT molecular complexity index is 346. The highest BCUT2D eigenvalue weighted by molar-refractivity contribution is 5.20. The Morgan fingerprint density at radius 3 is 2.35 bits per heavy atom. The number of hydrogen-bond donors (Lipinski definition) is 1. The Balaban J connectivity index is 2.15. The van der Waals surface area contributed by atoms with Crippen molar-refractivity contribution in [3.05, 3.63) is 35.6 Å². The molecule has 94 valence electrons. The van der Waals surface area contributed by atoms with Crippen molar-refractivity contribution in [2.45, 2.75) is 32.4 Å². The molecule has 0 aromatic heterocycles. The van der Waals surface area contributed by atoms with Crippen molar-refractivity contribution in [3.8, 4) is 0 Å². The smallest absolute Gasteiger partial charge is 0.123 e. The van der Waals surface area contributed by atoms with Crippen molar-refractivity contribution < 1.29 is 4.39 Å². The molecule has 0 radical (unpaired) electrons. The van der Waals surface area contributed by atoms with E-state index >= 15 is 0 Å². The van der Waals surface area contributed by atoms with E-state index in [4.69, 9.17) is 0 Å². The minimum Gasteiger partial charge on any atom is -0.314 e. The lowest BCUT2D eigenvalue weighted by Gasteiger charge is -2.42. The predicted octanol–water partition coefficient (Wildman–Crippen LogP) is 2.57. The molecular weight excluding hydrogens is 215 g/mol. The fraction of sp³-hybridized carbons (Fsp3) is 0.571. The maximum Gasteiger partial charge on any atom is 0.123 e. The molecule has 0 saturated carbocycles. The second kappa shape index (κ2) is 5.61. The summed E-state index contributed by atoms with van der Waals surface area (Å²) in [5.41, 5.74) is 1.22. The van der Waals surface area contributed by atoms with Gasteiger partial charge in [0.25, 0.3) is 0 Å². The molecule has 0 aliphatic carbocycles. The largest absolute Gasteiger partial charge is 0.314 e. The summed E-state index contributed by atoms with van der Waals surface area (Å²) >= 11 is 0. The van der Waals surface area contributed by atoms with E-state index < -0.39 is 0 Å². The first kappa shape index (κ1) is 12.5. The normalized spacial score (nSPS) is 18.1. The van der Waals surface area contributed by atoms with Gasteiger partial charge in [-0.3, -0.25) is 4.90 Å². The van der Waals surface area contributed by atoms with Gasteiger partial charge in [-0.2, -0.15) is 0 Å². The molecule has 1 atom stereocenters. The number of likely N-dealkylation sites (N-methyl/N-ethyl adjacent to an activating group) is 1. The van der Waals surface area contributed by atoms with Gasteiger partial charge in [-0.15, -0.1) is 0 Å². The number of halogens is 1. The van der Waals surface area contributed by atoms with E-state index in [2.05, 4.69) is 24.1 Å². The number of benzene rings is 1. The van der Waals surface area contributed by atoms with Crippen molar-refractivity contribution >= 4 is 0 Å². The zero-order chi connectivity index (χ0) is 12.3. The van der Waals surface area contributed by atoms with E-state index in [0.29, 0.717) is 12.1 Å². The van der Waals surface area contributed by atoms with Gasteiger partial charge in [-0.1, -0.05) is 26.0 Å². The lowest BCUT2D eigenvalue weighted by atomic mass is 9.99. The monoisotopic (exact) mass is 236 g/mol. The van der Waals surface area contributed by atoms with Crippen molar-refractivity contribution in [1.29, 1.82) is 0 Å². The summed E-state index contributed by atoms with van der Waals surface area (Å²) < 4.78 is 12.9. The van der Waals surface area contributed by atoms with Crippen LogP contribution in [0.25, 0.3) is 0 Å². The first-order valence-electron chi connectivity index (χ1n) is 6.48. The van der Waals surface area contributed by atoms with E-state index in [0.717, 1.165) is 26.1 Å². The SMILES string of the molecule is CCC(c1ccc(F)cc1)N(CC)C1CNC1. The van der Waals surface area contributed by atoms with Crippen molar-refractivity contribution in [3.63, 3.8) is 0 Å². The van der Waals surface area contributed by atoms with Gasteiger partial charge >= 0.3 is 0 Å². The summed E-state index contributed by atoms with van der Waals surface area (Å²) in [6.07, 6.45) is 1.07. The molecule has 1 aromatic carbocycles. The molecule has 1 aromatic rings. The summed E-state index contributed by atoms with van der Waals surface area (Å²) in [7, 11) is 0. The van der Waals surface area contributed by atoms with Crippen LogP contribution in [0.15, 0.2) is 24.3 Å². The third-order valence-electron chi connectivity index (χ3n) is 3.64. The molecule has 3 heteroatoms. The van der Waals surface area contributed by atoms with Gasteiger partial charge in [-0.25, -0.2) is 4.39 Å². The standard InChI is InChI=1S/C14H21FN2/c1-3-14(11-5-7-12(15)8-6-11)17(4-2)13-9-16-10-13/h5-8,13-14,16H,3-4,9-10H2,1-2H3. The Hall–Kier alpha value is -0.930. The Morgan fingerprint density at radius 1 is 1.29 bits per heavy atom. The predicted molar refractivity (Wildman–Crippen MR) is 68.5 cm³/mol. The lowest BCUT2D eigenvalue weighted by Crippen LogP contribution is -2.57. The van der Waals surface area contributed by atoms with Crippen LogP contribution in [0.5, 0.6) is 0 Å². The molecule has 17 heavy (non-hydrogen) atoms. The molecule has 1 fully saturated rings. The van der Waals surface area contributed by atoms with Gasteiger partial charge in [-0.05, 0) is 30.7 Å². The maximum absolute atomic E-state index is 12.9. The van der Waals surface area contributed by atoms with Crippen LogP contribution in [0.1, 0.15) is 31.9 Å². The molecule has 2 nitrogen and oxygen atoms in total. The van der Waals surface area contributed by atoms with Gasteiger partial charge in [0.05, 0.1) is 0 Å². The number of hydrogen-bond acceptors (Lipinski definition) is 2. The Kier molecular flexibility index (Phi) is 4.13. The van der Waals surface area contributed by atoms with E-state index in [1.165, 1.54) is 5.56 Å². The first-order valence-corrected chi connectivity index (χ1v) is 6.48. The molecule has 2 rings (SSSR count). The Morgan fingerprint density at radius 2 is 1.94 bits per heavy atom. The summed E-state index contributed by atoms with van der Waals surface area (Å²) in [6.45, 7) is 7.59. The zero-order valence-electron chi connectivity index (χ0n) is 10.6. The molecule has 0 amide bonds. The summed E-state index contributed by atoms with van der Waals surface area (Å²) in [5, 5.41) is 3.31. The Labute approximate surface area is 103 Å². The van der Waals surface area contributed by atoms with E-state index in [9.17, 15) is 4.39 Å². The van der Waals surface area contributed by atoms with Crippen LogP contribution in [-0.2, 0) is 0 Å². The second-order valence-corrected chi connectivity index (χ2v) is 4.62. The van der Waals surface area contributed by atoms with Gasteiger partial charge in [0.1, 0.15) is 5.82 Å². The van der Waals surface area contributed by atoms with Crippen LogP contribution in [0.4, 0.5) is 4.39 Å². The van der Waals surface area contributed by atoms with Crippen molar-refractivity contribution in [1.82, 2.24) is 10.2 Å². The van der Waals surface area contributed by atoms with Crippen molar-refractivity contribution in [2.75, 3.05) is 19.6 Å². The van der Waals surface area contributed by atoms with Gasteiger partial charge in [0.15, 0.2) is 0 Å². The van der Waals surface area contributed by atoms with Crippen LogP contribution in [0.3, 0.4) is 0 Å². The average Bonchev–Trinajstić information content (AvgIpc) is 2.28. The molecule has 1 saturated heterocycles. The zero-order valence-corrected chi connectivity index (χ0v) is 10.6. The van der Waals surface area contributed by atoms with Crippen molar-refractivity contribution in [2.24, 2.45) is 0 Å². The number of nitrogens with zero attached hydrogens (tertiary/aromatic N) is 1.